The normalized spacial score (nSPS) is 34.2. The topological polar surface area (TPSA) is 43.4 Å². The first-order valence-corrected chi connectivity index (χ1v) is 7.30. The van der Waals surface area contributed by atoms with Gasteiger partial charge in [0.1, 0.15) is 5.41 Å². The summed E-state index contributed by atoms with van der Waals surface area (Å²) in [6, 6.07) is 0. The van der Waals surface area contributed by atoms with E-state index in [0.717, 1.165) is 25.7 Å². The van der Waals surface area contributed by atoms with Gasteiger partial charge in [0.2, 0.25) is 0 Å². The number of carbonyl (C=O) groups is 2. The fraction of sp³-hybridized carbons (Fsp3) is 0.750. The Morgan fingerprint density at radius 1 is 1.42 bits per heavy atom. The molecule has 0 aliphatic heterocycles. The molecule has 0 saturated heterocycles. The summed E-state index contributed by atoms with van der Waals surface area (Å²) in [6.45, 7) is 2.06. The van der Waals surface area contributed by atoms with E-state index in [1.54, 1.807) is 6.92 Å². The first kappa shape index (κ1) is 14.1. The van der Waals surface area contributed by atoms with Crippen molar-refractivity contribution in [3.05, 3.63) is 0 Å². The zero-order valence-corrected chi connectivity index (χ0v) is 11.6. The lowest BCUT2D eigenvalue weighted by Crippen LogP contribution is -2.50. The lowest BCUT2D eigenvalue weighted by atomic mass is 9.59. The van der Waals surface area contributed by atoms with Crippen molar-refractivity contribution in [3.8, 4) is 12.3 Å². The van der Waals surface area contributed by atoms with Crippen molar-refractivity contribution in [3.63, 3.8) is 0 Å². The third kappa shape index (κ3) is 2.41. The van der Waals surface area contributed by atoms with Crippen LogP contribution >= 0.6 is 0 Å². The predicted molar refractivity (Wildman–Crippen MR) is 72.2 cm³/mol. The minimum absolute atomic E-state index is 0.0280. The molecule has 0 aromatic rings. The maximum absolute atomic E-state index is 12.8. The number of rotatable bonds is 3. The number of esters is 1. The molecule has 0 amide bonds. The number of ketones is 1. The van der Waals surface area contributed by atoms with Gasteiger partial charge in [0, 0.05) is 12.3 Å². The number of fused-ring (bicyclic) bond motifs is 1. The van der Waals surface area contributed by atoms with E-state index in [4.69, 9.17) is 11.2 Å². The van der Waals surface area contributed by atoms with Gasteiger partial charge in [-0.05, 0) is 38.5 Å². The monoisotopic (exact) mass is 262 g/mol. The fourth-order valence-corrected chi connectivity index (χ4v) is 3.70. The van der Waals surface area contributed by atoms with E-state index in [0.29, 0.717) is 18.9 Å². The van der Waals surface area contributed by atoms with Crippen LogP contribution in [0.15, 0.2) is 0 Å². The van der Waals surface area contributed by atoms with Crippen LogP contribution < -0.4 is 0 Å². The van der Waals surface area contributed by atoms with E-state index in [9.17, 15) is 9.59 Å². The molecule has 0 radical (unpaired) electrons. The maximum atomic E-state index is 12.8. The molecule has 2 unspecified atom stereocenters. The van der Waals surface area contributed by atoms with Gasteiger partial charge >= 0.3 is 5.97 Å². The van der Waals surface area contributed by atoms with Crippen LogP contribution in [0.5, 0.6) is 0 Å². The minimum Gasteiger partial charge on any atom is -0.465 e. The highest BCUT2D eigenvalue weighted by molar-refractivity contribution is 6.05. The van der Waals surface area contributed by atoms with Crippen LogP contribution in [0.25, 0.3) is 0 Å². The number of hydrogen-bond acceptors (Lipinski definition) is 3. The number of Topliss-reactive ketones (excluding diaryl/α,β-unsaturated/α-hetero) is 1. The van der Waals surface area contributed by atoms with Crippen LogP contribution in [0.3, 0.4) is 0 Å². The average molecular weight is 262 g/mol. The molecule has 2 aliphatic carbocycles. The number of terminal acetylenes is 1. The summed E-state index contributed by atoms with van der Waals surface area (Å²) in [4.78, 5) is 25.0. The van der Waals surface area contributed by atoms with E-state index < -0.39 is 11.4 Å². The summed E-state index contributed by atoms with van der Waals surface area (Å²) < 4.78 is 5.13. The zero-order valence-electron chi connectivity index (χ0n) is 11.6. The largest absolute Gasteiger partial charge is 0.465 e. The van der Waals surface area contributed by atoms with Crippen molar-refractivity contribution in [1.82, 2.24) is 0 Å². The van der Waals surface area contributed by atoms with Crippen LogP contribution in [-0.2, 0) is 14.3 Å². The maximum Gasteiger partial charge on any atom is 0.320 e. The van der Waals surface area contributed by atoms with Crippen LogP contribution in [0, 0.1) is 29.6 Å². The minimum atomic E-state index is -1.05. The third-order valence-corrected chi connectivity index (χ3v) is 4.73. The molecule has 3 nitrogen and oxygen atoms in total. The zero-order chi connectivity index (χ0) is 13.9. The Morgan fingerprint density at radius 3 is 2.84 bits per heavy atom. The number of hydrogen-bond donors (Lipinski definition) is 0. The second kappa shape index (κ2) is 5.77. The van der Waals surface area contributed by atoms with Crippen LogP contribution in [0.2, 0.25) is 0 Å². The van der Waals surface area contributed by atoms with Crippen molar-refractivity contribution >= 4 is 11.8 Å². The van der Waals surface area contributed by atoms with Gasteiger partial charge in [-0.15, -0.1) is 12.3 Å². The van der Waals surface area contributed by atoms with Crippen molar-refractivity contribution in [2.45, 2.75) is 51.9 Å². The summed E-state index contributed by atoms with van der Waals surface area (Å²) in [5.74, 6) is 2.66. The summed E-state index contributed by atoms with van der Waals surface area (Å²) in [5.41, 5.74) is -1.05. The van der Waals surface area contributed by atoms with Gasteiger partial charge in [0.15, 0.2) is 5.78 Å². The first-order chi connectivity index (χ1) is 9.15. The van der Waals surface area contributed by atoms with E-state index in [-0.39, 0.29) is 18.1 Å². The highest BCUT2D eigenvalue weighted by atomic mass is 16.5. The Labute approximate surface area is 115 Å². The van der Waals surface area contributed by atoms with Crippen molar-refractivity contribution in [2.24, 2.45) is 17.3 Å². The molecule has 3 heteroatoms. The van der Waals surface area contributed by atoms with Crippen molar-refractivity contribution in [1.29, 1.82) is 0 Å². The molecule has 0 N–H and O–H groups in total. The third-order valence-electron chi connectivity index (χ3n) is 4.73. The predicted octanol–water partition coefficient (Wildman–Crippen LogP) is 2.73. The molecule has 0 spiro atoms. The second-order valence-corrected chi connectivity index (χ2v) is 5.74. The lowest BCUT2D eigenvalue weighted by molar-refractivity contribution is -0.166. The number of carbonyl (C=O) groups excluding carboxylic acids is 2. The van der Waals surface area contributed by atoms with Crippen molar-refractivity contribution in [2.75, 3.05) is 6.61 Å². The van der Waals surface area contributed by atoms with E-state index in [2.05, 4.69) is 5.92 Å². The summed E-state index contributed by atoms with van der Waals surface area (Å²) in [6.07, 6.45) is 11.4. The SMILES string of the molecule is C#CC[C@]1(C(=O)OCC)CCC2CCCCC2C1=O. The Hall–Kier alpha value is -1.30. The van der Waals surface area contributed by atoms with Gasteiger partial charge in [0.05, 0.1) is 6.61 Å². The fourth-order valence-electron chi connectivity index (χ4n) is 3.70. The Kier molecular flexibility index (Phi) is 4.29. The molecule has 3 atom stereocenters. The Bertz CT molecular complexity index is 407. The molecule has 19 heavy (non-hydrogen) atoms. The van der Waals surface area contributed by atoms with Gasteiger partial charge < -0.3 is 4.74 Å². The molecule has 0 heterocycles. The van der Waals surface area contributed by atoms with Crippen LogP contribution in [-0.4, -0.2) is 18.4 Å². The molecule has 0 aromatic carbocycles. The molecule has 2 fully saturated rings. The summed E-state index contributed by atoms with van der Waals surface area (Å²) in [5, 5.41) is 0. The molecule has 2 saturated carbocycles. The molecule has 2 aliphatic rings. The standard InChI is InChI=1S/C16H22O3/c1-3-10-16(15(18)19-4-2)11-9-12-7-5-6-8-13(12)14(16)17/h1,12-13H,4-11H2,2H3/t12?,13?,16-/m0/s1. The van der Waals surface area contributed by atoms with Crippen molar-refractivity contribution < 1.29 is 14.3 Å². The van der Waals surface area contributed by atoms with E-state index >= 15 is 0 Å². The van der Waals surface area contributed by atoms with Gasteiger partial charge in [-0.2, -0.15) is 0 Å². The highest BCUT2D eigenvalue weighted by Crippen LogP contribution is 2.47. The van der Waals surface area contributed by atoms with Crippen LogP contribution in [0.4, 0.5) is 0 Å². The smallest absolute Gasteiger partial charge is 0.320 e. The number of ether oxygens (including phenoxy) is 1. The Morgan fingerprint density at radius 2 is 2.16 bits per heavy atom. The summed E-state index contributed by atoms with van der Waals surface area (Å²) >= 11 is 0. The van der Waals surface area contributed by atoms with E-state index in [1.807, 2.05) is 0 Å². The van der Waals surface area contributed by atoms with E-state index in [1.165, 1.54) is 6.42 Å². The molecular formula is C16H22O3. The summed E-state index contributed by atoms with van der Waals surface area (Å²) in [7, 11) is 0. The average Bonchev–Trinajstić information content (AvgIpc) is 2.43. The molecule has 0 aromatic heterocycles. The molecule has 104 valence electrons. The van der Waals surface area contributed by atoms with Gasteiger partial charge in [-0.25, -0.2) is 0 Å². The second-order valence-electron chi connectivity index (χ2n) is 5.74. The molecule has 2 rings (SSSR count). The quantitative estimate of drug-likeness (QED) is 0.446. The van der Waals surface area contributed by atoms with Crippen LogP contribution in [0.1, 0.15) is 51.9 Å². The molecule has 0 bridgehead atoms. The highest BCUT2D eigenvalue weighted by Gasteiger charge is 2.54. The lowest BCUT2D eigenvalue weighted by Gasteiger charge is -2.42. The van der Waals surface area contributed by atoms with Gasteiger partial charge in [0.25, 0.3) is 0 Å². The molecular weight excluding hydrogens is 240 g/mol. The van der Waals surface area contributed by atoms with Gasteiger partial charge in [-0.1, -0.05) is 12.8 Å². The first-order valence-electron chi connectivity index (χ1n) is 7.30. The van der Waals surface area contributed by atoms with Gasteiger partial charge in [-0.3, -0.25) is 9.59 Å². The Balaban J connectivity index is 2.26.